The van der Waals surface area contributed by atoms with E-state index in [0.29, 0.717) is 11.3 Å². The number of benzene rings is 2. The molecule has 0 amide bonds. The molecule has 0 saturated heterocycles. The standard InChI is InChI=1S/C18H14F3N/c19-11-4-1-3-10(7-11)17-14-6-2-5-13(14)15-8-12(20)9-16(21)18(15)22-17/h1-5,7-9,13-14,17,22H,6H2/t13-,14+,17+/m0/s1. The summed E-state index contributed by atoms with van der Waals surface area (Å²) in [5.41, 5.74) is 1.75. The van der Waals surface area contributed by atoms with Gasteiger partial charge in [0.15, 0.2) is 0 Å². The highest BCUT2D eigenvalue weighted by molar-refractivity contribution is 5.60. The molecule has 1 aliphatic heterocycles. The average molecular weight is 301 g/mol. The second-order valence-electron chi connectivity index (χ2n) is 5.88. The van der Waals surface area contributed by atoms with Crippen molar-refractivity contribution in [2.75, 3.05) is 5.32 Å². The summed E-state index contributed by atoms with van der Waals surface area (Å²) in [7, 11) is 0. The zero-order valence-electron chi connectivity index (χ0n) is 11.7. The summed E-state index contributed by atoms with van der Waals surface area (Å²) in [4.78, 5) is 0. The normalized spacial score (nSPS) is 25.5. The van der Waals surface area contributed by atoms with E-state index in [4.69, 9.17) is 0 Å². The summed E-state index contributed by atoms with van der Waals surface area (Å²) in [5.74, 6) is -1.39. The molecular weight excluding hydrogens is 287 g/mol. The first-order chi connectivity index (χ1) is 10.6. The zero-order chi connectivity index (χ0) is 15.3. The summed E-state index contributed by atoms with van der Waals surface area (Å²) >= 11 is 0. The summed E-state index contributed by atoms with van der Waals surface area (Å²) in [5, 5.41) is 3.16. The van der Waals surface area contributed by atoms with E-state index >= 15 is 0 Å². The number of hydrogen-bond acceptors (Lipinski definition) is 1. The first kappa shape index (κ1) is 13.4. The Morgan fingerprint density at radius 1 is 1.00 bits per heavy atom. The monoisotopic (exact) mass is 301 g/mol. The molecule has 0 bridgehead atoms. The molecule has 1 N–H and O–H groups in total. The summed E-state index contributed by atoms with van der Waals surface area (Å²) in [6.45, 7) is 0. The predicted molar refractivity (Wildman–Crippen MR) is 79.1 cm³/mol. The molecule has 22 heavy (non-hydrogen) atoms. The Bertz CT molecular complexity index is 769. The zero-order valence-corrected chi connectivity index (χ0v) is 11.7. The molecule has 1 nitrogen and oxygen atoms in total. The Hall–Kier alpha value is -2.23. The third-order valence-corrected chi connectivity index (χ3v) is 4.59. The second-order valence-corrected chi connectivity index (χ2v) is 5.88. The minimum Gasteiger partial charge on any atom is -0.375 e. The lowest BCUT2D eigenvalue weighted by Crippen LogP contribution is -2.30. The molecular formula is C18H14F3N. The third-order valence-electron chi connectivity index (χ3n) is 4.59. The van der Waals surface area contributed by atoms with Gasteiger partial charge in [-0.3, -0.25) is 0 Å². The Kier molecular flexibility index (Phi) is 2.99. The van der Waals surface area contributed by atoms with Crippen molar-refractivity contribution in [2.45, 2.75) is 18.4 Å². The smallest absolute Gasteiger partial charge is 0.149 e. The second kappa shape index (κ2) is 4.90. The molecule has 2 aromatic rings. The molecule has 1 heterocycles. The maximum atomic E-state index is 14.2. The van der Waals surface area contributed by atoms with Gasteiger partial charge in [-0.15, -0.1) is 0 Å². The lowest BCUT2D eigenvalue weighted by Gasteiger charge is -2.37. The van der Waals surface area contributed by atoms with Gasteiger partial charge in [-0.05, 0) is 41.7 Å². The molecule has 0 saturated carbocycles. The van der Waals surface area contributed by atoms with Crippen LogP contribution in [0.4, 0.5) is 18.9 Å². The van der Waals surface area contributed by atoms with Gasteiger partial charge < -0.3 is 5.32 Å². The molecule has 112 valence electrons. The van der Waals surface area contributed by atoms with Gasteiger partial charge in [0, 0.05) is 12.0 Å². The van der Waals surface area contributed by atoms with E-state index in [1.165, 1.54) is 18.2 Å². The fourth-order valence-corrected chi connectivity index (χ4v) is 3.65. The molecule has 2 aromatic carbocycles. The van der Waals surface area contributed by atoms with Crippen LogP contribution in [0.5, 0.6) is 0 Å². The first-order valence-corrected chi connectivity index (χ1v) is 7.31. The average Bonchev–Trinajstić information content (AvgIpc) is 2.96. The van der Waals surface area contributed by atoms with Crippen LogP contribution >= 0.6 is 0 Å². The Balaban J connectivity index is 1.84. The van der Waals surface area contributed by atoms with Gasteiger partial charge in [-0.2, -0.15) is 0 Å². The molecule has 3 atom stereocenters. The van der Waals surface area contributed by atoms with E-state index in [-0.39, 0.29) is 23.7 Å². The van der Waals surface area contributed by atoms with Gasteiger partial charge in [0.05, 0.1) is 11.7 Å². The fourth-order valence-electron chi connectivity index (χ4n) is 3.65. The van der Waals surface area contributed by atoms with Crippen LogP contribution in [-0.4, -0.2) is 0 Å². The molecule has 0 unspecified atom stereocenters. The summed E-state index contributed by atoms with van der Waals surface area (Å²) in [6, 6.07) is 8.43. The molecule has 0 radical (unpaired) electrons. The predicted octanol–water partition coefficient (Wildman–Crippen LogP) is 4.93. The number of anilines is 1. The van der Waals surface area contributed by atoms with Crippen molar-refractivity contribution in [3.05, 3.63) is 77.1 Å². The van der Waals surface area contributed by atoms with Crippen LogP contribution in [0.2, 0.25) is 0 Å². The van der Waals surface area contributed by atoms with Crippen LogP contribution in [0.1, 0.15) is 29.5 Å². The quantitative estimate of drug-likeness (QED) is 0.736. The van der Waals surface area contributed by atoms with Gasteiger partial charge in [0.2, 0.25) is 0 Å². The Morgan fingerprint density at radius 3 is 2.68 bits per heavy atom. The van der Waals surface area contributed by atoms with Crippen LogP contribution < -0.4 is 5.32 Å². The molecule has 0 fully saturated rings. The van der Waals surface area contributed by atoms with Crippen molar-refractivity contribution in [3.63, 3.8) is 0 Å². The fraction of sp³-hybridized carbons (Fsp3) is 0.222. The lowest BCUT2D eigenvalue weighted by atomic mass is 9.77. The minimum atomic E-state index is -0.602. The molecule has 4 heteroatoms. The van der Waals surface area contributed by atoms with Crippen LogP contribution in [0.15, 0.2) is 48.6 Å². The van der Waals surface area contributed by atoms with Crippen molar-refractivity contribution in [3.8, 4) is 0 Å². The highest BCUT2D eigenvalue weighted by Gasteiger charge is 2.39. The van der Waals surface area contributed by atoms with Crippen LogP contribution in [0, 0.1) is 23.4 Å². The number of halogens is 3. The molecule has 2 aliphatic rings. The topological polar surface area (TPSA) is 12.0 Å². The van der Waals surface area contributed by atoms with Crippen molar-refractivity contribution >= 4 is 5.69 Å². The SMILES string of the molecule is Fc1cccc([C@H]2Nc3c(F)cc(F)cc3[C@H]3C=CC[C@H]32)c1. The van der Waals surface area contributed by atoms with E-state index in [9.17, 15) is 13.2 Å². The van der Waals surface area contributed by atoms with Crippen LogP contribution in [0.3, 0.4) is 0 Å². The van der Waals surface area contributed by atoms with Crippen molar-refractivity contribution in [2.24, 2.45) is 5.92 Å². The Morgan fingerprint density at radius 2 is 1.86 bits per heavy atom. The van der Waals surface area contributed by atoms with Crippen LogP contribution in [-0.2, 0) is 0 Å². The largest absolute Gasteiger partial charge is 0.375 e. The highest BCUT2D eigenvalue weighted by atomic mass is 19.1. The summed E-state index contributed by atoms with van der Waals surface area (Å²) < 4.78 is 41.2. The maximum absolute atomic E-state index is 14.2. The first-order valence-electron chi connectivity index (χ1n) is 7.31. The van der Waals surface area contributed by atoms with Gasteiger partial charge in [-0.25, -0.2) is 13.2 Å². The van der Waals surface area contributed by atoms with Crippen molar-refractivity contribution < 1.29 is 13.2 Å². The molecule has 4 rings (SSSR count). The van der Waals surface area contributed by atoms with Crippen LogP contribution in [0.25, 0.3) is 0 Å². The summed E-state index contributed by atoms with van der Waals surface area (Å²) in [6.07, 6.45) is 4.83. The molecule has 0 aromatic heterocycles. The van der Waals surface area contributed by atoms with E-state index in [1.54, 1.807) is 6.07 Å². The van der Waals surface area contributed by atoms with Gasteiger partial charge in [0.25, 0.3) is 0 Å². The van der Waals surface area contributed by atoms with Gasteiger partial charge >= 0.3 is 0 Å². The highest BCUT2D eigenvalue weighted by Crippen LogP contribution is 2.50. The van der Waals surface area contributed by atoms with E-state index in [1.807, 2.05) is 18.2 Å². The Labute approximate surface area is 126 Å². The molecule has 0 spiro atoms. The lowest BCUT2D eigenvalue weighted by molar-refractivity contribution is 0.417. The van der Waals surface area contributed by atoms with Crippen molar-refractivity contribution in [1.29, 1.82) is 0 Å². The number of nitrogens with one attached hydrogen (secondary N) is 1. The maximum Gasteiger partial charge on any atom is 0.149 e. The molecule has 1 aliphatic carbocycles. The number of hydrogen-bond donors (Lipinski definition) is 1. The number of rotatable bonds is 1. The van der Waals surface area contributed by atoms with E-state index in [2.05, 4.69) is 5.32 Å². The van der Waals surface area contributed by atoms with Crippen molar-refractivity contribution in [1.82, 2.24) is 0 Å². The van der Waals surface area contributed by atoms with Gasteiger partial charge in [-0.1, -0.05) is 24.3 Å². The van der Waals surface area contributed by atoms with E-state index in [0.717, 1.165) is 18.1 Å². The number of allylic oxidation sites excluding steroid dienone is 2. The minimum absolute atomic E-state index is 0.0466. The van der Waals surface area contributed by atoms with Gasteiger partial charge in [0.1, 0.15) is 17.5 Å². The number of fused-ring (bicyclic) bond motifs is 3. The third kappa shape index (κ3) is 2.02. The van der Waals surface area contributed by atoms with E-state index < -0.39 is 11.6 Å².